The van der Waals surface area contributed by atoms with Crippen LogP contribution in [0.2, 0.25) is 0 Å². The fourth-order valence-electron chi connectivity index (χ4n) is 0.789. The van der Waals surface area contributed by atoms with Gasteiger partial charge in [-0.15, -0.1) is 11.8 Å². The summed E-state index contributed by atoms with van der Waals surface area (Å²) >= 11 is 5.01. The molecule has 3 heteroatoms. The second kappa shape index (κ2) is 5.01. The standard InChI is InChI=1S/C10H12BrFS/c1-10(11,7-12)8-13-9-5-3-2-4-6-9/h2-6H,7-8H2,1H3. The summed E-state index contributed by atoms with van der Waals surface area (Å²) in [7, 11) is 0. The maximum absolute atomic E-state index is 12.4. The molecule has 13 heavy (non-hydrogen) atoms. The molecule has 0 spiro atoms. The summed E-state index contributed by atoms with van der Waals surface area (Å²) in [5.74, 6) is 0.744. The number of benzene rings is 1. The van der Waals surface area contributed by atoms with Crippen LogP contribution in [0.15, 0.2) is 35.2 Å². The Bertz CT molecular complexity index is 248. The van der Waals surface area contributed by atoms with E-state index < -0.39 is 4.32 Å². The maximum atomic E-state index is 12.4. The molecule has 0 aliphatic carbocycles. The number of halogens is 2. The van der Waals surface area contributed by atoms with Crippen molar-refractivity contribution in [2.75, 3.05) is 12.4 Å². The average molecular weight is 263 g/mol. The van der Waals surface area contributed by atoms with E-state index in [4.69, 9.17) is 0 Å². The van der Waals surface area contributed by atoms with Gasteiger partial charge in [-0.3, -0.25) is 0 Å². The van der Waals surface area contributed by atoms with Crippen molar-refractivity contribution in [3.63, 3.8) is 0 Å². The fraction of sp³-hybridized carbons (Fsp3) is 0.400. The van der Waals surface area contributed by atoms with Crippen LogP contribution in [0, 0.1) is 0 Å². The van der Waals surface area contributed by atoms with Crippen molar-refractivity contribution in [3.05, 3.63) is 30.3 Å². The van der Waals surface area contributed by atoms with Gasteiger partial charge in [0.2, 0.25) is 0 Å². The third-order valence-electron chi connectivity index (χ3n) is 1.56. The van der Waals surface area contributed by atoms with Gasteiger partial charge in [0, 0.05) is 10.6 Å². The molecule has 72 valence electrons. The minimum atomic E-state index is -0.395. The molecule has 1 unspecified atom stereocenters. The van der Waals surface area contributed by atoms with Crippen molar-refractivity contribution in [1.29, 1.82) is 0 Å². The van der Waals surface area contributed by atoms with E-state index in [1.54, 1.807) is 11.8 Å². The number of alkyl halides is 2. The summed E-state index contributed by atoms with van der Waals surface area (Å²) in [4.78, 5) is 1.18. The zero-order valence-electron chi connectivity index (χ0n) is 7.47. The zero-order valence-corrected chi connectivity index (χ0v) is 9.87. The molecule has 0 heterocycles. The van der Waals surface area contributed by atoms with Gasteiger partial charge in [-0.25, -0.2) is 4.39 Å². The summed E-state index contributed by atoms with van der Waals surface area (Å²) < 4.78 is 12.0. The Hall–Kier alpha value is -0.0200. The topological polar surface area (TPSA) is 0 Å². The predicted molar refractivity (Wildman–Crippen MR) is 60.5 cm³/mol. The van der Waals surface area contributed by atoms with Crippen LogP contribution >= 0.6 is 27.7 Å². The number of hydrogen-bond acceptors (Lipinski definition) is 1. The van der Waals surface area contributed by atoms with E-state index in [9.17, 15) is 4.39 Å². The first kappa shape index (κ1) is 11.1. The molecule has 0 saturated heterocycles. The molecule has 0 bridgehead atoms. The first-order chi connectivity index (χ1) is 6.14. The van der Waals surface area contributed by atoms with Crippen LogP contribution in [0.3, 0.4) is 0 Å². The van der Waals surface area contributed by atoms with Crippen molar-refractivity contribution in [3.8, 4) is 0 Å². The molecule has 0 aromatic heterocycles. The van der Waals surface area contributed by atoms with Crippen molar-refractivity contribution in [2.24, 2.45) is 0 Å². The van der Waals surface area contributed by atoms with E-state index >= 15 is 0 Å². The first-order valence-electron chi connectivity index (χ1n) is 4.07. The summed E-state index contributed by atoms with van der Waals surface area (Å²) in [6, 6.07) is 10.0. The Kier molecular flexibility index (Phi) is 4.26. The molecule has 0 radical (unpaired) electrons. The maximum Gasteiger partial charge on any atom is 0.105 e. The van der Waals surface area contributed by atoms with E-state index in [2.05, 4.69) is 15.9 Å². The van der Waals surface area contributed by atoms with E-state index in [-0.39, 0.29) is 6.67 Å². The van der Waals surface area contributed by atoms with Crippen LogP contribution in [0.5, 0.6) is 0 Å². The van der Waals surface area contributed by atoms with Crippen molar-refractivity contribution in [2.45, 2.75) is 16.1 Å². The van der Waals surface area contributed by atoms with Gasteiger partial charge in [-0.1, -0.05) is 34.1 Å². The molecular formula is C10H12BrFS. The Balaban J connectivity index is 2.44. The summed E-state index contributed by atoms with van der Waals surface area (Å²) in [5.41, 5.74) is 0. The van der Waals surface area contributed by atoms with Crippen LogP contribution in [-0.2, 0) is 0 Å². The zero-order chi connectivity index (χ0) is 9.73. The van der Waals surface area contributed by atoms with E-state index in [1.807, 2.05) is 37.3 Å². The van der Waals surface area contributed by atoms with E-state index in [0.29, 0.717) is 0 Å². The highest BCUT2D eigenvalue weighted by Crippen LogP contribution is 2.28. The molecule has 0 aliphatic heterocycles. The molecule has 0 N–H and O–H groups in total. The molecule has 0 saturated carbocycles. The highest BCUT2D eigenvalue weighted by atomic mass is 79.9. The molecule has 1 rings (SSSR count). The minimum Gasteiger partial charge on any atom is -0.250 e. The Morgan fingerprint density at radius 2 is 2.00 bits per heavy atom. The third kappa shape index (κ3) is 4.14. The largest absolute Gasteiger partial charge is 0.250 e. The van der Waals surface area contributed by atoms with Gasteiger partial charge in [0.15, 0.2) is 0 Å². The Morgan fingerprint density at radius 1 is 1.38 bits per heavy atom. The lowest BCUT2D eigenvalue weighted by molar-refractivity contribution is 0.441. The lowest BCUT2D eigenvalue weighted by atomic mass is 10.2. The minimum absolute atomic E-state index is 0.340. The van der Waals surface area contributed by atoms with Crippen LogP contribution < -0.4 is 0 Å². The SMILES string of the molecule is CC(Br)(CF)CSc1ccccc1. The molecule has 1 atom stereocenters. The number of hydrogen-bond donors (Lipinski definition) is 0. The third-order valence-corrected chi connectivity index (χ3v) is 3.81. The average Bonchev–Trinajstić information content (AvgIpc) is 2.17. The van der Waals surface area contributed by atoms with Crippen LogP contribution in [0.25, 0.3) is 0 Å². The van der Waals surface area contributed by atoms with Crippen molar-refractivity contribution >= 4 is 27.7 Å². The van der Waals surface area contributed by atoms with Crippen LogP contribution in [0.4, 0.5) is 4.39 Å². The van der Waals surface area contributed by atoms with Crippen molar-refractivity contribution in [1.82, 2.24) is 0 Å². The van der Waals surface area contributed by atoms with Gasteiger partial charge in [0.05, 0.1) is 4.32 Å². The van der Waals surface area contributed by atoms with Gasteiger partial charge in [0.1, 0.15) is 6.67 Å². The van der Waals surface area contributed by atoms with Gasteiger partial charge in [0.25, 0.3) is 0 Å². The molecule has 0 nitrogen and oxygen atoms in total. The van der Waals surface area contributed by atoms with E-state index in [1.165, 1.54) is 4.90 Å². The normalized spacial score (nSPS) is 15.3. The Labute approximate surface area is 91.0 Å². The van der Waals surface area contributed by atoms with Gasteiger partial charge < -0.3 is 0 Å². The quantitative estimate of drug-likeness (QED) is 0.586. The molecule has 0 amide bonds. The van der Waals surface area contributed by atoms with Crippen molar-refractivity contribution < 1.29 is 4.39 Å². The predicted octanol–water partition coefficient (Wildman–Crippen LogP) is 3.90. The summed E-state index contributed by atoms with van der Waals surface area (Å²) in [5, 5.41) is 0. The number of thioether (sulfide) groups is 1. The lowest BCUT2D eigenvalue weighted by Gasteiger charge is -2.17. The molecule has 0 aliphatic rings. The monoisotopic (exact) mass is 262 g/mol. The summed E-state index contributed by atoms with van der Waals surface area (Å²) in [6.45, 7) is 1.52. The summed E-state index contributed by atoms with van der Waals surface area (Å²) in [6.07, 6.45) is 0. The van der Waals surface area contributed by atoms with Crippen LogP contribution in [-0.4, -0.2) is 16.8 Å². The smallest absolute Gasteiger partial charge is 0.105 e. The first-order valence-corrected chi connectivity index (χ1v) is 5.85. The molecule has 1 aromatic rings. The fourth-order valence-corrected chi connectivity index (χ4v) is 2.03. The van der Waals surface area contributed by atoms with Crippen LogP contribution in [0.1, 0.15) is 6.92 Å². The van der Waals surface area contributed by atoms with Gasteiger partial charge in [-0.2, -0.15) is 0 Å². The molecular weight excluding hydrogens is 251 g/mol. The van der Waals surface area contributed by atoms with E-state index in [0.717, 1.165) is 5.75 Å². The Morgan fingerprint density at radius 3 is 2.54 bits per heavy atom. The van der Waals surface area contributed by atoms with Gasteiger partial charge >= 0.3 is 0 Å². The highest BCUT2D eigenvalue weighted by molar-refractivity contribution is 9.10. The molecule has 1 aromatic carbocycles. The van der Waals surface area contributed by atoms with Gasteiger partial charge in [-0.05, 0) is 19.1 Å². The second-order valence-electron chi connectivity index (χ2n) is 3.15. The highest BCUT2D eigenvalue weighted by Gasteiger charge is 2.19. The lowest BCUT2D eigenvalue weighted by Crippen LogP contribution is -2.21. The second-order valence-corrected chi connectivity index (χ2v) is 6.11. The number of rotatable bonds is 4. The molecule has 0 fully saturated rings.